The van der Waals surface area contributed by atoms with Crippen LogP contribution in [0.5, 0.6) is 0 Å². The van der Waals surface area contributed by atoms with Crippen molar-refractivity contribution in [2.24, 2.45) is 5.73 Å². The number of carbonyl (C=O) groups is 2. The van der Waals surface area contributed by atoms with Crippen molar-refractivity contribution < 1.29 is 37.6 Å². The van der Waals surface area contributed by atoms with E-state index in [0.29, 0.717) is 6.42 Å². The summed E-state index contributed by atoms with van der Waals surface area (Å²) in [4.78, 5) is 34.8. The van der Waals surface area contributed by atoms with Gasteiger partial charge in [0, 0.05) is 19.4 Å². The number of unbranched alkanes of at least 4 members (excludes halogenated alkanes) is 19. The quantitative estimate of drug-likeness (QED) is 0.0274. The van der Waals surface area contributed by atoms with Gasteiger partial charge < -0.3 is 20.1 Å². The molecule has 0 fully saturated rings. The van der Waals surface area contributed by atoms with E-state index in [1.54, 1.807) is 0 Å². The number of allylic oxidation sites excluding steroid dienone is 6. The first-order chi connectivity index (χ1) is 24.8. The zero-order chi connectivity index (χ0) is 37.5. The molecule has 0 saturated heterocycles. The monoisotopic (exact) mass is 742 g/mol. The van der Waals surface area contributed by atoms with Crippen molar-refractivity contribution in [3.63, 3.8) is 0 Å². The zero-order valence-corrected chi connectivity index (χ0v) is 33.5. The average Bonchev–Trinajstić information content (AvgIpc) is 3.11. The Morgan fingerprint density at radius 3 is 1.55 bits per heavy atom. The molecule has 3 N–H and O–H groups in total. The van der Waals surface area contributed by atoms with E-state index in [4.69, 9.17) is 24.3 Å². The zero-order valence-electron chi connectivity index (χ0n) is 32.6. The number of esters is 2. The molecule has 298 valence electrons. The molecule has 0 aromatic carbocycles. The molecule has 0 aliphatic rings. The van der Waals surface area contributed by atoms with Gasteiger partial charge in [0.1, 0.15) is 6.61 Å². The summed E-state index contributed by atoms with van der Waals surface area (Å²) < 4.78 is 32.7. The second kappa shape index (κ2) is 38.0. The Kier molecular flexibility index (Phi) is 36.7. The van der Waals surface area contributed by atoms with E-state index in [0.717, 1.165) is 70.6 Å². The Balaban J connectivity index is 4.22. The number of ether oxygens (including phenoxy) is 2. The third-order valence-electron chi connectivity index (χ3n) is 8.50. The molecule has 0 bridgehead atoms. The van der Waals surface area contributed by atoms with Crippen LogP contribution in [0.1, 0.15) is 181 Å². The minimum atomic E-state index is -4.38. The van der Waals surface area contributed by atoms with Crippen LogP contribution in [0.2, 0.25) is 0 Å². The van der Waals surface area contributed by atoms with E-state index in [-0.39, 0.29) is 32.6 Å². The second-order valence-corrected chi connectivity index (χ2v) is 14.9. The smallest absolute Gasteiger partial charge is 0.462 e. The second-order valence-electron chi connectivity index (χ2n) is 13.5. The normalized spacial score (nSPS) is 13.7. The molecule has 51 heavy (non-hydrogen) atoms. The summed E-state index contributed by atoms with van der Waals surface area (Å²) in [5, 5.41) is 0. The van der Waals surface area contributed by atoms with Crippen molar-refractivity contribution in [3.05, 3.63) is 36.5 Å². The van der Waals surface area contributed by atoms with Gasteiger partial charge in [-0.15, -0.1) is 0 Å². The molecule has 0 amide bonds. The maximum absolute atomic E-state index is 12.5. The first-order valence-corrected chi connectivity index (χ1v) is 22.0. The van der Waals surface area contributed by atoms with Crippen LogP contribution < -0.4 is 5.73 Å². The van der Waals surface area contributed by atoms with E-state index in [2.05, 4.69) is 50.3 Å². The van der Waals surface area contributed by atoms with Crippen LogP contribution in [-0.2, 0) is 32.7 Å². The molecular formula is C41H76NO8P. The van der Waals surface area contributed by atoms with Crippen molar-refractivity contribution in [2.45, 2.75) is 187 Å². The van der Waals surface area contributed by atoms with Gasteiger partial charge in [-0.05, 0) is 70.6 Å². The summed E-state index contributed by atoms with van der Waals surface area (Å²) >= 11 is 0. The van der Waals surface area contributed by atoms with Gasteiger partial charge in [-0.3, -0.25) is 18.6 Å². The van der Waals surface area contributed by atoms with Crippen LogP contribution in [-0.4, -0.2) is 49.3 Å². The Morgan fingerprint density at radius 2 is 1.02 bits per heavy atom. The maximum Gasteiger partial charge on any atom is 0.472 e. The number of rotatable bonds is 38. The fourth-order valence-electron chi connectivity index (χ4n) is 5.42. The summed E-state index contributed by atoms with van der Waals surface area (Å²) in [6, 6.07) is 0. The minimum Gasteiger partial charge on any atom is -0.462 e. The van der Waals surface area contributed by atoms with Crippen molar-refractivity contribution in [2.75, 3.05) is 26.4 Å². The van der Waals surface area contributed by atoms with Gasteiger partial charge in [0.2, 0.25) is 0 Å². The molecule has 2 unspecified atom stereocenters. The summed E-state index contributed by atoms with van der Waals surface area (Å²) in [6.07, 6.45) is 40.2. The molecule has 0 aromatic rings. The molecular weight excluding hydrogens is 665 g/mol. The lowest BCUT2D eigenvalue weighted by molar-refractivity contribution is -0.161. The standard InChI is InChI=1S/C41H76NO8P/c1-3-5-7-9-11-13-15-17-19-21-23-25-27-29-31-33-40(43)47-37-39(38-49-51(45,46)48-36-35-42)50-41(44)34-32-30-28-26-24-22-20-18-16-14-12-10-8-6-4-2/h12-15,18,20,39H,3-11,16-17,19,21-38,42H2,1-2H3,(H,45,46). The number of hydrogen-bond donors (Lipinski definition) is 2. The van der Waals surface area contributed by atoms with Crippen molar-refractivity contribution in [3.8, 4) is 0 Å². The number of phosphoric ester groups is 1. The lowest BCUT2D eigenvalue weighted by Crippen LogP contribution is -2.29. The van der Waals surface area contributed by atoms with Gasteiger partial charge in [0.25, 0.3) is 0 Å². The SMILES string of the molecule is CCCCCC=CCC=CCCCCCCCC(=O)OC(COC(=O)CCCCCCCCCC=CCCCCCC)COP(=O)(O)OCCN. The predicted molar refractivity (Wildman–Crippen MR) is 210 cm³/mol. The third kappa shape index (κ3) is 37.8. The summed E-state index contributed by atoms with van der Waals surface area (Å²) in [5.41, 5.74) is 5.34. The van der Waals surface area contributed by atoms with Gasteiger partial charge in [-0.1, -0.05) is 134 Å². The van der Waals surface area contributed by atoms with Crippen molar-refractivity contribution in [1.29, 1.82) is 0 Å². The van der Waals surface area contributed by atoms with Gasteiger partial charge in [-0.2, -0.15) is 0 Å². The lowest BCUT2D eigenvalue weighted by Gasteiger charge is -2.19. The average molecular weight is 742 g/mol. The van der Waals surface area contributed by atoms with E-state index in [1.165, 1.54) is 77.0 Å². The number of phosphoric acid groups is 1. The number of hydrogen-bond acceptors (Lipinski definition) is 8. The molecule has 0 aliphatic heterocycles. The minimum absolute atomic E-state index is 0.0500. The molecule has 0 heterocycles. The fourth-order valence-corrected chi connectivity index (χ4v) is 6.19. The molecule has 0 rings (SSSR count). The van der Waals surface area contributed by atoms with Crippen molar-refractivity contribution in [1.82, 2.24) is 0 Å². The highest BCUT2D eigenvalue weighted by atomic mass is 31.2. The van der Waals surface area contributed by atoms with Crippen LogP contribution in [0, 0.1) is 0 Å². The van der Waals surface area contributed by atoms with Crippen LogP contribution in [0.4, 0.5) is 0 Å². The van der Waals surface area contributed by atoms with Crippen LogP contribution in [0.15, 0.2) is 36.5 Å². The summed E-state index contributed by atoms with van der Waals surface area (Å²) in [7, 11) is -4.38. The Labute approximate surface area is 312 Å². The van der Waals surface area contributed by atoms with E-state index in [1.807, 2.05) is 0 Å². The lowest BCUT2D eigenvalue weighted by atomic mass is 10.1. The Hall–Kier alpha value is -1.77. The highest BCUT2D eigenvalue weighted by molar-refractivity contribution is 7.47. The largest absolute Gasteiger partial charge is 0.472 e. The number of nitrogens with two attached hydrogens (primary N) is 1. The Morgan fingerprint density at radius 1 is 0.588 bits per heavy atom. The number of carbonyl (C=O) groups excluding carboxylic acids is 2. The molecule has 9 nitrogen and oxygen atoms in total. The van der Waals surface area contributed by atoms with Gasteiger partial charge in [0.15, 0.2) is 6.10 Å². The van der Waals surface area contributed by atoms with Crippen LogP contribution in [0.3, 0.4) is 0 Å². The highest BCUT2D eigenvalue weighted by Gasteiger charge is 2.25. The van der Waals surface area contributed by atoms with E-state index in [9.17, 15) is 19.0 Å². The predicted octanol–water partition coefficient (Wildman–Crippen LogP) is 11.4. The molecule has 0 spiro atoms. The molecule has 0 aromatic heterocycles. The van der Waals surface area contributed by atoms with E-state index < -0.39 is 32.5 Å². The molecule has 0 radical (unpaired) electrons. The summed E-state index contributed by atoms with van der Waals surface area (Å²) in [5.74, 6) is -0.850. The summed E-state index contributed by atoms with van der Waals surface area (Å²) in [6.45, 7) is 3.67. The van der Waals surface area contributed by atoms with Crippen molar-refractivity contribution >= 4 is 19.8 Å². The molecule has 0 saturated carbocycles. The van der Waals surface area contributed by atoms with Gasteiger partial charge in [-0.25, -0.2) is 4.57 Å². The molecule has 0 aliphatic carbocycles. The highest BCUT2D eigenvalue weighted by Crippen LogP contribution is 2.43. The maximum atomic E-state index is 12.5. The first-order valence-electron chi connectivity index (χ1n) is 20.5. The van der Waals surface area contributed by atoms with E-state index >= 15 is 0 Å². The molecule has 10 heteroatoms. The Bertz CT molecular complexity index is 939. The fraction of sp³-hybridized carbons (Fsp3) is 0.805. The van der Waals surface area contributed by atoms with Gasteiger partial charge >= 0.3 is 19.8 Å². The van der Waals surface area contributed by atoms with Crippen LogP contribution in [0.25, 0.3) is 0 Å². The molecule has 2 atom stereocenters. The third-order valence-corrected chi connectivity index (χ3v) is 9.48. The van der Waals surface area contributed by atoms with Crippen LogP contribution >= 0.6 is 7.82 Å². The topological polar surface area (TPSA) is 134 Å². The first kappa shape index (κ1) is 49.2. The van der Waals surface area contributed by atoms with Gasteiger partial charge in [0.05, 0.1) is 13.2 Å².